The van der Waals surface area contributed by atoms with Crippen LogP contribution in [0.4, 0.5) is 5.69 Å². The molecule has 0 atom stereocenters. The van der Waals surface area contributed by atoms with Crippen LogP contribution in [0, 0.1) is 0 Å². The van der Waals surface area contributed by atoms with Gasteiger partial charge in [-0.1, -0.05) is 30.3 Å². The van der Waals surface area contributed by atoms with Crippen molar-refractivity contribution in [2.24, 2.45) is 0 Å². The number of hydrogen-bond donors (Lipinski definition) is 1. The standard InChI is InChI=1S/C18H15N3/c1-2-4-17-13(3-1)9-14-10-15(5-6-18(14)17)21-12-16-11-19-7-8-20-16/h1-8,10-11,21H,9,12H2. The second-order valence-corrected chi connectivity index (χ2v) is 5.26. The minimum Gasteiger partial charge on any atom is -0.379 e. The first-order valence-corrected chi connectivity index (χ1v) is 7.10. The third kappa shape index (κ3) is 2.27. The fraction of sp³-hybridized carbons (Fsp3) is 0.111. The molecule has 0 fully saturated rings. The van der Waals surface area contributed by atoms with E-state index in [4.69, 9.17) is 0 Å². The summed E-state index contributed by atoms with van der Waals surface area (Å²) in [4.78, 5) is 8.35. The van der Waals surface area contributed by atoms with Crippen molar-refractivity contribution < 1.29 is 0 Å². The number of fused-ring (bicyclic) bond motifs is 3. The Kier molecular flexibility index (Phi) is 2.89. The Morgan fingerprint density at radius 2 is 1.86 bits per heavy atom. The Labute approximate surface area is 123 Å². The van der Waals surface area contributed by atoms with Gasteiger partial charge in [-0.3, -0.25) is 9.97 Å². The number of nitrogens with zero attached hydrogens (tertiary/aromatic N) is 2. The Hall–Kier alpha value is -2.68. The van der Waals surface area contributed by atoms with Crippen molar-refractivity contribution in [1.29, 1.82) is 0 Å². The van der Waals surface area contributed by atoms with Gasteiger partial charge < -0.3 is 5.32 Å². The zero-order valence-corrected chi connectivity index (χ0v) is 11.6. The molecule has 1 aromatic heterocycles. The Morgan fingerprint density at radius 3 is 2.76 bits per heavy atom. The maximum atomic E-state index is 4.27. The third-order valence-electron chi connectivity index (χ3n) is 3.88. The zero-order valence-electron chi connectivity index (χ0n) is 11.6. The minimum atomic E-state index is 0.694. The van der Waals surface area contributed by atoms with E-state index in [1.807, 2.05) is 0 Å². The maximum Gasteiger partial charge on any atom is 0.0777 e. The van der Waals surface area contributed by atoms with E-state index in [1.54, 1.807) is 18.6 Å². The van der Waals surface area contributed by atoms with Crippen molar-refractivity contribution in [3.8, 4) is 11.1 Å². The average molecular weight is 273 g/mol. The Morgan fingerprint density at radius 1 is 0.952 bits per heavy atom. The van der Waals surface area contributed by atoms with Gasteiger partial charge in [-0.25, -0.2) is 0 Å². The third-order valence-corrected chi connectivity index (χ3v) is 3.88. The van der Waals surface area contributed by atoms with Crippen LogP contribution >= 0.6 is 0 Å². The lowest BCUT2D eigenvalue weighted by molar-refractivity contribution is 1.01. The van der Waals surface area contributed by atoms with Gasteiger partial charge in [-0.15, -0.1) is 0 Å². The molecule has 1 aliphatic rings. The van der Waals surface area contributed by atoms with E-state index in [9.17, 15) is 0 Å². The number of rotatable bonds is 3. The molecular formula is C18H15N3. The highest BCUT2D eigenvalue weighted by Gasteiger charge is 2.17. The summed E-state index contributed by atoms with van der Waals surface area (Å²) in [5.41, 5.74) is 7.61. The smallest absolute Gasteiger partial charge is 0.0777 e. The molecule has 0 radical (unpaired) electrons. The molecule has 1 aliphatic carbocycles. The van der Waals surface area contributed by atoms with Crippen LogP contribution in [0.1, 0.15) is 16.8 Å². The average Bonchev–Trinajstić information content (AvgIpc) is 2.91. The van der Waals surface area contributed by atoms with E-state index in [0.717, 1.165) is 17.8 Å². The highest BCUT2D eigenvalue weighted by Crippen LogP contribution is 2.37. The van der Waals surface area contributed by atoms with E-state index in [-0.39, 0.29) is 0 Å². The minimum absolute atomic E-state index is 0.694. The summed E-state index contributed by atoms with van der Waals surface area (Å²) in [7, 11) is 0. The van der Waals surface area contributed by atoms with E-state index in [1.165, 1.54) is 22.3 Å². The van der Waals surface area contributed by atoms with Crippen LogP contribution in [0.3, 0.4) is 0 Å². The Balaban J connectivity index is 1.56. The summed E-state index contributed by atoms with van der Waals surface area (Å²) >= 11 is 0. The van der Waals surface area contributed by atoms with Crippen molar-refractivity contribution in [2.45, 2.75) is 13.0 Å². The van der Waals surface area contributed by atoms with Gasteiger partial charge in [0.25, 0.3) is 0 Å². The fourth-order valence-corrected chi connectivity index (χ4v) is 2.87. The van der Waals surface area contributed by atoms with Gasteiger partial charge in [-0.2, -0.15) is 0 Å². The molecule has 0 unspecified atom stereocenters. The SMILES string of the molecule is c1ccc2c(c1)Cc1cc(NCc3cnccn3)ccc1-2. The first-order chi connectivity index (χ1) is 10.4. The lowest BCUT2D eigenvalue weighted by Crippen LogP contribution is -2.02. The summed E-state index contributed by atoms with van der Waals surface area (Å²) in [6.07, 6.45) is 6.22. The molecule has 0 spiro atoms. The predicted octanol–water partition coefficient (Wildman–Crippen LogP) is 3.66. The summed E-state index contributed by atoms with van der Waals surface area (Å²) in [5, 5.41) is 3.41. The second kappa shape index (κ2) is 5.02. The highest BCUT2D eigenvalue weighted by molar-refractivity contribution is 5.78. The number of benzene rings is 2. The number of nitrogens with one attached hydrogen (secondary N) is 1. The molecule has 1 heterocycles. The Bertz CT molecular complexity index is 781. The summed E-state index contributed by atoms with van der Waals surface area (Å²) in [5.74, 6) is 0. The topological polar surface area (TPSA) is 37.8 Å². The first kappa shape index (κ1) is 12.1. The monoisotopic (exact) mass is 273 g/mol. The lowest BCUT2D eigenvalue weighted by Gasteiger charge is -2.08. The predicted molar refractivity (Wildman–Crippen MR) is 84.0 cm³/mol. The van der Waals surface area contributed by atoms with Gasteiger partial charge in [0.2, 0.25) is 0 Å². The van der Waals surface area contributed by atoms with E-state index in [0.29, 0.717) is 6.54 Å². The van der Waals surface area contributed by atoms with Crippen molar-refractivity contribution >= 4 is 5.69 Å². The van der Waals surface area contributed by atoms with Crippen molar-refractivity contribution in [2.75, 3.05) is 5.32 Å². The molecule has 21 heavy (non-hydrogen) atoms. The molecule has 0 bridgehead atoms. The molecule has 0 amide bonds. The maximum absolute atomic E-state index is 4.27. The van der Waals surface area contributed by atoms with Crippen LogP contribution < -0.4 is 5.32 Å². The van der Waals surface area contributed by atoms with E-state index in [2.05, 4.69) is 57.7 Å². The largest absolute Gasteiger partial charge is 0.379 e. The molecule has 2 aromatic carbocycles. The molecular weight excluding hydrogens is 258 g/mol. The van der Waals surface area contributed by atoms with E-state index >= 15 is 0 Å². The lowest BCUT2D eigenvalue weighted by atomic mass is 10.1. The molecule has 0 saturated heterocycles. The van der Waals surface area contributed by atoms with Crippen LogP contribution in [0.25, 0.3) is 11.1 Å². The number of anilines is 1. The van der Waals surface area contributed by atoms with Crippen LogP contribution in [0.15, 0.2) is 61.1 Å². The second-order valence-electron chi connectivity index (χ2n) is 5.26. The zero-order chi connectivity index (χ0) is 14.1. The summed E-state index contributed by atoms with van der Waals surface area (Å²) < 4.78 is 0. The van der Waals surface area contributed by atoms with Gasteiger partial charge in [0, 0.05) is 18.1 Å². The van der Waals surface area contributed by atoms with Crippen LogP contribution in [-0.2, 0) is 13.0 Å². The molecule has 3 aromatic rings. The van der Waals surface area contributed by atoms with E-state index < -0.39 is 0 Å². The summed E-state index contributed by atoms with van der Waals surface area (Å²) in [6, 6.07) is 15.2. The molecule has 102 valence electrons. The molecule has 0 aliphatic heterocycles. The summed E-state index contributed by atoms with van der Waals surface area (Å²) in [6.45, 7) is 0.694. The molecule has 1 N–H and O–H groups in total. The quantitative estimate of drug-likeness (QED) is 0.619. The molecule has 3 heteroatoms. The first-order valence-electron chi connectivity index (χ1n) is 7.10. The van der Waals surface area contributed by atoms with Crippen LogP contribution in [-0.4, -0.2) is 9.97 Å². The van der Waals surface area contributed by atoms with Crippen molar-refractivity contribution in [3.05, 3.63) is 77.9 Å². The number of hydrogen-bond acceptors (Lipinski definition) is 3. The van der Waals surface area contributed by atoms with Crippen molar-refractivity contribution in [3.63, 3.8) is 0 Å². The number of aromatic nitrogens is 2. The van der Waals surface area contributed by atoms with Crippen LogP contribution in [0.2, 0.25) is 0 Å². The molecule has 4 rings (SSSR count). The van der Waals surface area contributed by atoms with Gasteiger partial charge in [0.15, 0.2) is 0 Å². The van der Waals surface area contributed by atoms with Crippen molar-refractivity contribution in [1.82, 2.24) is 9.97 Å². The van der Waals surface area contributed by atoms with Crippen LogP contribution in [0.5, 0.6) is 0 Å². The molecule has 3 nitrogen and oxygen atoms in total. The molecule has 0 saturated carbocycles. The van der Waals surface area contributed by atoms with Gasteiger partial charge >= 0.3 is 0 Å². The highest BCUT2D eigenvalue weighted by atomic mass is 14.9. The van der Waals surface area contributed by atoms with Gasteiger partial charge in [-0.05, 0) is 40.8 Å². The van der Waals surface area contributed by atoms with Gasteiger partial charge in [0.1, 0.15) is 0 Å². The van der Waals surface area contributed by atoms with Gasteiger partial charge in [0.05, 0.1) is 18.4 Å². The normalized spacial score (nSPS) is 11.8. The fourth-order valence-electron chi connectivity index (χ4n) is 2.87.